The van der Waals surface area contributed by atoms with Crippen molar-refractivity contribution in [1.82, 2.24) is 15.5 Å². The van der Waals surface area contributed by atoms with E-state index in [1.807, 2.05) is 11.0 Å². The maximum Gasteiger partial charge on any atom is 0.233 e. The molecule has 2 fully saturated rings. The first-order valence-corrected chi connectivity index (χ1v) is 9.92. The van der Waals surface area contributed by atoms with E-state index >= 15 is 0 Å². The van der Waals surface area contributed by atoms with Crippen LogP contribution in [0.2, 0.25) is 0 Å². The Bertz CT molecular complexity index is 692. The summed E-state index contributed by atoms with van der Waals surface area (Å²) < 4.78 is 28.0. The Morgan fingerprint density at radius 2 is 2.17 bits per heavy atom. The number of ether oxygens (including phenoxy) is 1. The number of rotatable bonds is 4. The fourth-order valence-corrected chi connectivity index (χ4v) is 4.89. The molecule has 0 saturated carbocycles. The largest absolute Gasteiger partial charge is 0.480 e. The summed E-state index contributed by atoms with van der Waals surface area (Å²) in [5, 5.41) is 11.0. The van der Waals surface area contributed by atoms with Gasteiger partial charge < -0.3 is 15.0 Å². The topological polar surface area (TPSA) is 101 Å². The second-order valence-corrected chi connectivity index (χ2v) is 8.56. The van der Waals surface area contributed by atoms with Crippen LogP contribution in [0.25, 0.3) is 0 Å². The molecule has 0 bridgehead atoms. The molecule has 3 rings (SSSR count). The first-order valence-electron chi connectivity index (χ1n) is 8.10. The first kappa shape index (κ1) is 16.9. The minimum atomic E-state index is -2.99. The molecule has 2 atom stereocenters. The highest BCUT2D eigenvalue weighted by molar-refractivity contribution is 7.91. The van der Waals surface area contributed by atoms with E-state index < -0.39 is 9.84 Å². The average Bonchev–Trinajstić information content (AvgIpc) is 2.93. The number of anilines is 1. The third-order valence-electron chi connectivity index (χ3n) is 4.53. The van der Waals surface area contributed by atoms with Crippen LogP contribution in [0.3, 0.4) is 0 Å². The van der Waals surface area contributed by atoms with Crippen molar-refractivity contribution >= 4 is 21.6 Å². The van der Waals surface area contributed by atoms with Gasteiger partial charge in [-0.15, -0.1) is 10.2 Å². The molecule has 0 aliphatic carbocycles. The summed E-state index contributed by atoms with van der Waals surface area (Å²) in [6.45, 7) is 1.38. The summed E-state index contributed by atoms with van der Waals surface area (Å²) in [6, 6.07) is 3.32. The number of nitrogens with zero attached hydrogens (tertiary/aromatic N) is 3. The van der Waals surface area contributed by atoms with Gasteiger partial charge in [-0.1, -0.05) is 0 Å². The van der Waals surface area contributed by atoms with Crippen molar-refractivity contribution in [3.05, 3.63) is 12.1 Å². The average molecular weight is 354 g/mol. The Balaban J connectivity index is 1.59. The molecule has 24 heavy (non-hydrogen) atoms. The Labute approximate surface area is 141 Å². The molecule has 0 radical (unpaired) electrons. The number of nitrogens with one attached hydrogen (secondary N) is 1. The molecule has 1 aromatic rings. The van der Waals surface area contributed by atoms with Crippen molar-refractivity contribution in [2.24, 2.45) is 5.92 Å². The number of hydrogen-bond donors (Lipinski definition) is 1. The fraction of sp³-hybridized carbons (Fsp3) is 0.667. The van der Waals surface area contributed by atoms with E-state index in [4.69, 9.17) is 4.74 Å². The van der Waals surface area contributed by atoms with E-state index in [1.54, 1.807) is 6.07 Å². The fourth-order valence-electron chi connectivity index (χ4n) is 3.22. The van der Waals surface area contributed by atoms with Crippen molar-refractivity contribution in [2.45, 2.75) is 25.3 Å². The molecule has 0 aromatic carbocycles. The highest BCUT2D eigenvalue weighted by Crippen LogP contribution is 2.23. The molecule has 1 N–H and O–H groups in total. The molecule has 132 valence electrons. The number of methoxy groups -OCH3 is 1. The van der Waals surface area contributed by atoms with Gasteiger partial charge in [0.2, 0.25) is 11.8 Å². The first-order chi connectivity index (χ1) is 11.5. The van der Waals surface area contributed by atoms with Gasteiger partial charge in [0, 0.05) is 25.2 Å². The third kappa shape index (κ3) is 3.95. The van der Waals surface area contributed by atoms with Gasteiger partial charge in [0.1, 0.15) is 0 Å². The summed E-state index contributed by atoms with van der Waals surface area (Å²) in [6.07, 6.45) is 2.19. The quantitative estimate of drug-likeness (QED) is 0.812. The summed E-state index contributed by atoms with van der Waals surface area (Å²) in [4.78, 5) is 14.5. The van der Waals surface area contributed by atoms with Gasteiger partial charge >= 0.3 is 0 Å². The lowest BCUT2D eigenvalue weighted by molar-refractivity contribution is -0.125. The number of carbonyl (C=O) groups excluding carboxylic acids is 1. The smallest absolute Gasteiger partial charge is 0.233 e. The number of amides is 1. The highest BCUT2D eigenvalue weighted by atomic mass is 32.2. The summed E-state index contributed by atoms with van der Waals surface area (Å²) in [5.41, 5.74) is 0. The maximum absolute atomic E-state index is 12.5. The monoisotopic (exact) mass is 354 g/mol. The van der Waals surface area contributed by atoms with Crippen LogP contribution in [-0.2, 0) is 14.6 Å². The SMILES string of the molecule is COc1ccc(N2CCC[C@@H](C(=O)N[C@H]3CCS(=O)(=O)C3)C2)nn1. The molecule has 2 aliphatic rings. The number of sulfone groups is 1. The van der Waals surface area contributed by atoms with Gasteiger partial charge in [0.15, 0.2) is 15.7 Å². The number of aromatic nitrogens is 2. The highest BCUT2D eigenvalue weighted by Gasteiger charge is 2.32. The molecular weight excluding hydrogens is 332 g/mol. The molecule has 0 spiro atoms. The maximum atomic E-state index is 12.5. The lowest BCUT2D eigenvalue weighted by Crippen LogP contribution is -2.46. The summed E-state index contributed by atoms with van der Waals surface area (Å²) >= 11 is 0. The Kier molecular flexibility index (Phi) is 4.88. The van der Waals surface area contributed by atoms with Crippen molar-refractivity contribution < 1.29 is 17.9 Å². The molecule has 3 heterocycles. The van der Waals surface area contributed by atoms with Crippen LogP contribution in [0, 0.1) is 5.92 Å². The predicted octanol–water partition coefficient (Wildman–Crippen LogP) is 0.00490. The van der Waals surface area contributed by atoms with Gasteiger partial charge in [0.05, 0.1) is 24.5 Å². The number of hydrogen-bond acceptors (Lipinski definition) is 7. The zero-order valence-corrected chi connectivity index (χ0v) is 14.5. The molecule has 8 nitrogen and oxygen atoms in total. The van der Waals surface area contributed by atoms with Crippen LogP contribution in [0.15, 0.2) is 12.1 Å². The Morgan fingerprint density at radius 3 is 2.79 bits per heavy atom. The zero-order chi connectivity index (χ0) is 17.2. The normalized spacial score (nSPS) is 26.1. The van der Waals surface area contributed by atoms with Crippen molar-refractivity contribution in [2.75, 3.05) is 36.6 Å². The van der Waals surface area contributed by atoms with Crippen LogP contribution in [-0.4, -0.2) is 62.3 Å². The second-order valence-electron chi connectivity index (χ2n) is 6.33. The number of carbonyl (C=O) groups is 1. The van der Waals surface area contributed by atoms with Crippen molar-refractivity contribution in [3.8, 4) is 5.88 Å². The van der Waals surface area contributed by atoms with Gasteiger partial charge in [-0.3, -0.25) is 4.79 Å². The summed E-state index contributed by atoms with van der Waals surface area (Å²) in [5.74, 6) is 1.16. The molecule has 9 heteroatoms. The molecule has 2 aliphatic heterocycles. The van der Waals surface area contributed by atoms with E-state index in [1.165, 1.54) is 7.11 Å². The van der Waals surface area contributed by atoms with Gasteiger partial charge in [-0.2, -0.15) is 0 Å². The standard InChI is InChI=1S/C15H22N4O4S/c1-23-14-5-4-13(17-18-14)19-7-2-3-11(9-19)15(20)16-12-6-8-24(21,22)10-12/h4-5,11-12H,2-3,6-10H2,1H3,(H,16,20)/t11-,12+/m1/s1. The van der Waals surface area contributed by atoms with Gasteiger partial charge in [-0.25, -0.2) is 8.42 Å². The van der Waals surface area contributed by atoms with Crippen molar-refractivity contribution in [1.29, 1.82) is 0 Å². The van der Waals surface area contributed by atoms with Crippen LogP contribution in [0.1, 0.15) is 19.3 Å². The zero-order valence-electron chi connectivity index (χ0n) is 13.6. The van der Waals surface area contributed by atoms with Gasteiger partial charge in [0.25, 0.3) is 0 Å². The van der Waals surface area contributed by atoms with Crippen molar-refractivity contribution in [3.63, 3.8) is 0 Å². The van der Waals surface area contributed by atoms with Crippen LogP contribution < -0.4 is 15.0 Å². The molecule has 1 amide bonds. The Hall–Kier alpha value is -1.90. The van der Waals surface area contributed by atoms with E-state index in [2.05, 4.69) is 15.5 Å². The molecular formula is C15H22N4O4S. The van der Waals surface area contributed by atoms with Crippen LogP contribution in [0.4, 0.5) is 5.82 Å². The predicted molar refractivity (Wildman–Crippen MR) is 88.7 cm³/mol. The minimum absolute atomic E-state index is 0.0547. The van der Waals surface area contributed by atoms with Crippen LogP contribution in [0.5, 0.6) is 5.88 Å². The lowest BCUT2D eigenvalue weighted by atomic mass is 9.96. The van der Waals surface area contributed by atoms with E-state index in [9.17, 15) is 13.2 Å². The second kappa shape index (κ2) is 6.92. The molecule has 1 aromatic heterocycles. The van der Waals surface area contributed by atoms with Gasteiger partial charge in [-0.05, 0) is 25.3 Å². The van der Waals surface area contributed by atoms with Crippen LogP contribution >= 0.6 is 0 Å². The van der Waals surface area contributed by atoms with E-state index in [-0.39, 0.29) is 29.4 Å². The minimum Gasteiger partial charge on any atom is -0.480 e. The van der Waals surface area contributed by atoms with E-state index in [0.717, 1.165) is 25.2 Å². The molecule has 0 unspecified atom stereocenters. The Morgan fingerprint density at radius 1 is 1.33 bits per heavy atom. The summed E-state index contributed by atoms with van der Waals surface area (Å²) in [7, 11) is -1.45. The lowest BCUT2D eigenvalue weighted by Gasteiger charge is -2.33. The number of piperidine rings is 1. The van der Waals surface area contributed by atoms with E-state index in [0.29, 0.717) is 18.8 Å². The third-order valence-corrected chi connectivity index (χ3v) is 6.30. The molecule has 2 saturated heterocycles.